The summed E-state index contributed by atoms with van der Waals surface area (Å²) in [7, 11) is 3.83. The van der Waals surface area contributed by atoms with Crippen LogP contribution in [-0.4, -0.2) is 44.8 Å². The maximum atomic E-state index is 6.07. The molecule has 1 unspecified atom stereocenters. The Labute approximate surface area is 127 Å². The van der Waals surface area contributed by atoms with Gasteiger partial charge >= 0.3 is 0 Å². The normalized spacial score (nSPS) is 19.1. The van der Waals surface area contributed by atoms with E-state index < -0.39 is 0 Å². The van der Waals surface area contributed by atoms with E-state index in [1.807, 2.05) is 26.3 Å². The van der Waals surface area contributed by atoms with Crippen molar-refractivity contribution in [3.05, 3.63) is 34.9 Å². The van der Waals surface area contributed by atoms with Crippen LogP contribution in [0.15, 0.2) is 24.3 Å². The molecule has 1 heterocycles. The number of piperidine rings is 1. The fraction of sp³-hybridized carbons (Fsp3) is 0.625. The van der Waals surface area contributed by atoms with Crippen LogP contribution in [0.1, 0.15) is 30.9 Å². The highest BCUT2D eigenvalue weighted by Crippen LogP contribution is 2.21. The number of benzene rings is 1. The molecular formula is C16H25ClN2O. The van der Waals surface area contributed by atoms with E-state index in [4.69, 9.17) is 16.3 Å². The summed E-state index contributed by atoms with van der Waals surface area (Å²) in [5.74, 6) is 0. The van der Waals surface area contributed by atoms with E-state index in [9.17, 15) is 0 Å². The molecule has 0 spiro atoms. The first-order chi connectivity index (χ1) is 9.72. The molecule has 0 amide bonds. The van der Waals surface area contributed by atoms with Crippen molar-refractivity contribution in [2.75, 3.05) is 33.8 Å². The molecule has 1 aliphatic heterocycles. The van der Waals surface area contributed by atoms with E-state index in [2.05, 4.69) is 22.3 Å². The van der Waals surface area contributed by atoms with E-state index in [-0.39, 0.29) is 0 Å². The molecule has 1 fully saturated rings. The molecule has 1 aromatic carbocycles. The summed E-state index contributed by atoms with van der Waals surface area (Å²) in [4.78, 5) is 2.53. The first-order valence-electron chi connectivity index (χ1n) is 7.41. The third kappa shape index (κ3) is 4.45. The lowest BCUT2D eigenvalue weighted by molar-refractivity contribution is 0.0401. The van der Waals surface area contributed by atoms with Crippen molar-refractivity contribution in [3.63, 3.8) is 0 Å². The summed E-state index contributed by atoms with van der Waals surface area (Å²) in [5, 5.41) is 4.20. The van der Waals surface area contributed by atoms with Gasteiger partial charge in [0.15, 0.2) is 0 Å². The minimum Gasteiger partial charge on any atom is -0.381 e. The Kier molecular flexibility index (Phi) is 6.30. The third-order valence-electron chi connectivity index (χ3n) is 4.20. The van der Waals surface area contributed by atoms with Gasteiger partial charge in [0.1, 0.15) is 0 Å². The summed E-state index contributed by atoms with van der Waals surface area (Å²) in [6.45, 7) is 3.41. The number of likely N-dealkylation sites (tertiary alicyclic amines) is 1. The number of halogens is 1. The molecule has 0 aromatic heterocycles. The van der Waals surface area contributed by atoms with Crippen molar-refractivity contribution in [3.8, 4) is 0 Å². The highest BCUT2D eigenvalue weighted by Gasteiger charge is 2.19. The highest BCUT2D eigenvalue weighted by atomic mass is 35.5. The SMILES string of the molecule is CNC(CCN1CCC(OC)CC1)c1cccc(Cl)c1. The smallest absolute Gasteiger partial charge is 0.0595 e. The third-order valence-corrected chi connectivity index (χ3v) is 4.44. The minimum atomic E-state index is 0.369. The molecule has 3 nitrogen and oxygen atoms in total. The summed E-state index contributed by atoms with van der Waals surface area (Å²) < 4.78 is 5.42. The van der Waals surface area contributed by atoms with Crippen molar-refractivity contribution < 1.29 is 4.74 Å². The van der Waals surface area contributed by atoms with Crippen LogP contribution in [-0.2, 0) is 4.74 Å². The van der Waals surface area contributed by atoms with E-state index in [1.165, 1.54) is 5.56 Å². The van der Waals surface area contributed by atoms with Crippen molar-refractivity contribution in [2.45, 2.75) is 31.4 Å². The number of nitrogens with one attached hydrogen (secondary N) is 1. The van der Waals surface area contributed by atoms with Crippen LogP contribution in [0.25, 0.3) is 0 Å². The lowest BCUT2D eigenvalue weighted by atomic mass is 10.0. The summed E-state index contributed by atoms with van der Waals surface area (Å²) in [6.07, 6.45) is 3.86. The summed E-state index contributed by atoms with van der Waals surface area (Å²) in [5.41, 5.74) is 1.27. The Morgan fingerprint density at radius 1 is 1.40 bits per heavy atom. The summed E-state index contributed by atoms with van der Waals surface area (Å²) in [6, 6.07) is 8.51. The zero-order valence-electron chi connectivity index (χ0n) is 12.4. The van der Waals surface area contributed by atoms with Gasteiger partial charge in [-0.05, 0) is 50.6 Å². The highest BCUT2D eigenvalue weighted by molar-refractivity contribution is 6.30. The lowest BCUT2D eigenvalue weighted by Gasteiger charge is -2.32. The molecule has 1 atom stereocenters. The molecule has 0 aliphatic carbocycles. The first-order valence-corrected chi connectivity index (χ1v) is 7.78. The largest absolute Gasteiger partial charge is 0.381 e. The van der Waals surface area contributed by atoms with Crippen molar-refractivity contribution in [1.82, 2.24) is 10.2 Å². The second kappa shape index (κ2) is 7.99. The maximum absolute atomic E-state index is 6.07. The molecule has 20 heavy (non-hydrogen) atoms. The average Bonchev–Trinajstić information content (AvgIpc) is 2.48. The Morgan fingerprint density at radius 2 is 2.15 bits per heavy atom. The zero-order chi connectivity index (χ0) is 14.4. The van der Waals surface area contributed by atoms with Gasteiger partial charge in [-0.15, -0.1) is 0 Å². The molecule has 0 saturated carbocycles. The molecule has 2 rings (SSSR count). The zero-order valence-corrected chi connectivity index (χ0v) is 13.2. The van der Waals surface area contributed by atoms with Crippen LogP contribution < -0.4 is 5.32 Å². The standard InChI is InChI=1S/C16H25ClN2O/c1-18-16(13-4-3-5-14(17)12-13)8-11-19-9-6-15(20-2)7-10-19/h3-5,12,15-16,18H,6-11H2,1-2H3. The van der Waals surface area contributed by atoms with Crippen LogP contribution in [0, 0.1) is 0 Å². The first kappa shape index (κ1) is 15.8. The van der Waals surface area contributed by atoms with Crippen LogP contribution in [0.3, 0.4) is 0 Å². The fourth-order valence-electron chi connectivity index (χ4n) is 2.88. The molecular weight excluding hydrogens is 272 g/mol. The van der Waals surface area contributed by atoms with Crippen molar-refractivity contribution in [1.29, 1.82) is 0 Å². The molecule has 1 saturated heterocycles. The van der Waals surface area contributed by atoms with Gasteiger partial charge in [-0.3, -0.25) is 0 Å². The van der Waals surface area contributed by atoms with Gasteiger partial charge in [-0.25, -0.2) is 0 Å². The molecule has 4 heteroatoms. The molecule has 1 aliphatic rings. The number of ether oxygens (including phenoxy) is 1. The van der Waals surface area contributed by atoms with Gasteiger partial charge in [-0.1, -0.05) is 23.7 Å². The van der Waals surface area contributed by atoms with E-state index in [0.717, 1.165) is 43.9 Å². The lowest BCUT2D eigenvalue weighted by Crippen LogP contribution is -2.38. The fourth-order valence-corrected chi connectivity index (χ4v) is 3.08. The van der Waals surface area contributed by atoms with E-state index in [0.29, 0.717) is 12.1 Å². The van der Waals surface area contributed by atoms with E-state index >= 15 is 0 Å². The van der Waals surface area contributed by atoms with Gasteiger partial charge in [0, 0.05) is 31.3 Å². The monoisotopic (exact) mass is 296 g/mol. The van der Waals surface area contributed by atoms with E-state index in [1.54, 1.807) is 0 Å². The minimum absolute atomic E-state index is 0.369. The summed E-state index contributed by atoms with van der Waals surface area (Å²) >= 11 is 6.07. The Hall–Kier alpha value is -0.610. The second-order valence-electron chi connectivity index (χ2n) is 5.46. The van der Waals surface area contributed by atoms with Crippen LogP contribution >= 0.6 is 11.6 Å². The predicted molar refractivity (Wildman–Crippen MR) is 84.3 cm³/mol. The molecule has 0 radical (unpaired) electrons. The average molecular weight is 297 g/mol. The van der Waals surface area contributed by atoms with Crippen LogP contribution in [0.5, 0.6) is 0 Å². The predicted octanol–water partition coefficient (Wildman–Crippen LogP) is 3.10. The van der Waals surface area contributed by atoms with Gasteiger partial charge in [0.25, 0.3) is 0 Å². The van der Waals surface area contributed by atoms with Gasteiger partial charge in [0.05, 0.1) is 6.10 Å². The number of hydrogen-bond acceptors (Lipinski definition) is 3. The quantitative estimate of drug-likeness (QED) is 0.873. The topological polar surface area (TPSA) is 24.5 Å². The Balaban J connectivity index is 1.82. The van der Waals surface area contributed by atoms with Gasteiger partial charge < -0.3 is 15.0 Å². The van der Waals surface area contributed by atoms with Crippen LogP contribution in [0.4, 0.5) is 0 Å². The molecule has 1 N–H and O–H groups in total. The molecule has 112 valence electrons. The van der Waals surface area contributed by atoms with Crippen molar-refractivity contribution in [2.24, 2.45) is 0 Å². The number of nitrogens with zero attached hydrogens (tertiary/aromatic N) is 1. The van der Waals surface area contributed by atoms with Gasteiger partial charge in [-0.2, -0.15) is 0 Å². The number of rotatable bonds is 6. The number of hydrogen-bond donors (Lipinski definition) is 1. The van der Waals surface area contributed by atoms with Crippen LogP contribution in [0.2, 0.25) is 5.02 Å². The maximum Gasteiger partial charge on any atom is 0.0595 e. The second-order valence-corrected chi connectivity index (χ2v) is 5.90. The Bertz CT molecular complexity index is 405. The molecule has 0 bridgehead atoms. The molecule has 1 aromatic rings. The Morgan fingerprint density at radius 3 is 2.75 bits per heavy atom. The van der Waals surface area contributed by atoms with Crippen molar-refractivity contribution >= 4 is 11.6 Å². The number of methoxy groups -OCH3 is 1. The van der Waals surface area contributed by atoms with Gasteiger partial charge in [0.2, 0.25) is 0 Å².